The van der Waals surface area contributed by atoms with Crippen molar-refractivity contribution in [2.75, 3.05) is 13.2 Å². The van der Waals surface area contributed by atoms with Crippen LogP contribution in [0.4, 0.5) is 0 Å². The molecule has 1 fully saturated rings. The average Bonchev–Trinajstić information content (AvgIpc) is 3.45. The minimum absolute atomic E-state index is 0.0881. The van der Waals surface area contributed by atoms with Crippen LogP contribution >= 0.6 is 11.3 Å². The molecular weight excluding hydrogens is 450 g/mol. The fourth-order valence-electron chi connectivity index (χ4n) is 3.85. The zero-order valence-corrected chi connectivity index (χ0v) is 20.6. The SMILES string of the molecule is C=CC(=CC(=CC)OCC)C(=O)N1CC(O)CC1C(=O)NCc1ccc(-c2scnc2C)cc1. The number of aliphatic hydroxyl groups excluding tert-OH is 1. The Balaban J connectivity index is 1.67. The lowest BCUT2D eigenvalue weighted by Gasteiger charge is -2.24. The van der Waals surface area contributed by atoms with Crippen molar-refractivity contribution in [3.63, 3.8) is 0 Å². The third-order valence-corrected chi connectivity index (χ3v) is 6.61. The van der Waals surface area contributed by atoms with E-state index >= 15 is 0 Å². The number of aliphatic hydroxyl groups is 1. The van der Waals surface area contributed by atoms with Gasteiger partial charge in [-0.05, 0) is 44.1 Å². The van der Waals surface area contributed by atoms with Crippen LogP contribution in [0.1, 0.15) is 31.5 Å². The Labute approximate surface area is 204 Å². The van der Waals surface area contributed by atoms with E-state index in [0.717, 1.165) is 21.7 Å². The van der Waals surface area contributed by atoms with Crippen molar-refractivity contribution in [3.05, 3.63) is 77.2 Å². The van der Waals surface area contributed by atoms with Crippen LogP contribution in [0.2, 0.25) is 0 Å². The maximum atomic E-state index is 13.2. The van der Waals surface area contributed by atoms with Gasteiger partial charge in [-0.3, -0.25) is 9.59 Å². The number of aromatic nitrogens is 1. The van der Waals surface area contributed by atoms with E-state index in [0.29, 0.717) is 24.5 Å². The van der Waals surface area contributed by atoms with Crippen molar-refractivity contribution in [1.82, 2.24) is 15.2 Å². The van der Waals surface area contributed by atoms with E-state index in [1.165, 1.54) is 11.0 Å². The van der Waals surface area contributed by atoms with Gasteiger partial charge in [0, 0.05) is 25.1 Å². The van der Waals surface area contributed by atoms with Crippen molar-refractivity contribution < 1.29 is 19.4 Å². The predicted octanol–water partition coefficient (Wildman–Crippen LogP) is 3.75. The van der Waals surface area contributed by atoms with Gasteiger partial charge in [0.1, 0.15) is 11.8 Å². The number of hydrogen-bond donors (Lipinski definition) is 2. The molecular formula is C26H31N3O4S. The third kappa shape index (κ3) is 6.01. The number of likely N-dealkylation sites (tertiary alicyclic amines) is 1. The fourth-order valence-corrected chi connectivity index (χ4v) is 4.66. The first kappa shape index (κ1) is 25.4. The number of amides is 2. The van der Waals surface area contributed by atoms with Crippen LogP contribution in [0.25, 0.3) is 10.4 Å². The van der Waals surface area contributed by atoms with E-state index in [-0.39, 0.29) is 24.8 Å². The summed E-state index contributed by atoms with van der Waals surface area (Å²) < 4.78 is 5.49. The van der Waals surface area contributed by atoms with Gasteiger partial charge in [0.2, 0.25) is 5.91 Å². The molecule has 8 heteroatoms. The lowest BCUT2D eigenvalue weighted by atomic mass is 10.1. The highest BCUT2D eigenvalue weighted by atomic mass is 32.1. The molecule has 0 bridgehead atoms. The first-order chi connectivity index (χ1) is 16.4. The van der Waals surface area contributed by atoms with Gasteiger partial charge in [-0.15, -0.1) is 11.3 Å². The van der Waals surface area contributed by atoms with Gasteiger partial charge in [0.15, 0.2) is 0 Å². The largest absolute Gasteiger partial charge is 0.494 e. The number of allylic oxidation sites excluding steroid dienone is 2. The summed E-state index contributed by atoms with van der Waals surface area (Å²) in [6.45, 7) is 10.3. The monoisotopic (exact) mass is 481 g/mol. The maximum absolute atomic E-state index is 13.2. The molecule has 1 aliphatic heterocycles. The summed E-state index contributed by atoms with van der Waals surface area (Å²) in [5, 5.41) is 13.1. The lowest BCUT2D eigenvalue weighted by Crippen LogP contribution is -2.46. The van der Waals surface area contributed by atoms with Gasteiger partial charge >= 0.3 is 0 Å². The molecule has 2 atom stereocenters. The van der Waals surface area contributed by atoms with Crippen molar-refractivity contribution >= 4 is 23.2 Å². The number of β-amino-alcohol motifs (C(OH)–C–C–N with tert-alkyl or cyclic N) is 1. The number of thiazole rings is 1. The highest BCUT2D eigenvalue weighted by Gasteiger charge is 2.39. The summed E-state index contributed by atoms with van der Waals surface area (Å²) in [5.74, 6) is -0.120. The number of benzene rings is 1. The minimum atomic E-state index is -0.763. The molecule has 0 radical (unpaired) electrons. The van der Waals surface area contributed by atoms with Crippen LogP contribution in [0, 0.1) is 6.92 Å². The van der Waals surface area contributed by atoms with E-state index in [2.05, 4.69) is 16.9 Å². The van der Waals surface area contributed by atoms with Gasteiger partial charge in [-0.2, -0.15) is 0 Å². The zero-order valence-electron chi connectivity index (χ0n) is 19.8. The molecule has 2 N–H and O–H groups in total. The Morgan fingerprint density at radius 3 is 2.68 bits per heavy atom. The number of nitrogens with one attached hydrogen (secondary N) is 1. The molecule has 34 heavy (non-hydrogen) atoms. The first-order valence-electron chi connectivity index (χ1n) is 11.3. The summed E-state index contributed by atoms with van der Waals surface area (Å²) in [6, 6.07) is 7.19. The molecule has 2 heterocycles. The smallest absolute Gasteiger partial charge is 0.254 e. The normalized spacial score (nSPS) is 18.6. The van der Waals surface area contributed by atoms with Crippen molar-refractivity contribution in [1.29, 1.82) is 0 Å². The molecule has 1 aliphatic rings. The minimum Gasteiger partial charge on any atom is -0.494 e. The molecule has 180 valence electrons. The van der Waals surface area contributed by atoms with Gasteiger partial charge in [-0.25, -0.2) is 4.98 Å². The van der Waals surface area contributed by atoms with Gasteiger partial charge < -0.3 is 20.1 Å². The molecule has 0 aliphatic carbocycles. The number of ether oxygens (including phenoxy) is 1. The molecule has 1 saturated heterocycles. The highest BCUT2D eigenvalue weighted by Crippen LogP contribution is 2.27. The van der Waals surface area contributed by atoms with Crippen LogP contribution in [-0.2, 0) is 20.9 Å². The summed E-state index contributed by atoms with van der Waals surface area (Å²) in [6.07, 6.45) is 4.22. The second-order valence-electron chi connectivity index (χ2n) is 7.97. The van der Waals surface area contributed by atoms with E-state index in [4.69, 9.17) is 4.74 Å². The Morgan fingerprint density at radius 1 is 1.35 bits per heavy atom. The molecule has 0 saturated carbocycles. The van der Waals surface area contributed by atoms with E-state index in [1.807, 2.05) is 50.5 Å². The number of carbonyl (C=O) groups excluding carboxylic acids is 2. The highest BCUT2D eigenvalue weighted by molar-refractivity contribution is 7.13. The van der Waals surface area contributed by atoms with Crippen LogP contribution in [0.3, 0.4) is 0 Å². The molecule has 1 aromatic carbocycles. The molecule has 0 spiro atoms. The maximum Gasteiger partial charge on any atom is 0.254 e. The van der Waals surface area contributed by atoms with E-state index in [9.17, 15) is 14.7 Å². The number of carbonyl (C=O) groups is 2. The number of aryl methyl sites for hydroxylation is 1. The van der Waals surface area contributed by atoms with Crippen LogP contribution < -0.4 is 5.32 Å². The number of nitrogens with zero attached hydrogens (tertiary/aromatic N) is 2. The summed E-state index contributed by atoms with van der Waals surface area (Å²) >= 11 is 1.59. The van der Waals surface area contributed by atoms with Crippen LogP contribution in [0.5, 0.6) is 0 Å². The van der Waals surface area contributed by atoms with Crippen LogP contribution in [0.15, 0.2) is 65.9 Å². The predicted molar refractivity (Wildman–Crippen MR) is 134 cm³/mol. The third-order valence-electron chi connectivity index (χ3n) is 5.63. The summed E-state index contributed by atoms with van der Waals surface area (Å²) in [5.41, 5.74) is 5.15. The Morgan fingerprint density at radius 2 is 2.09 bits per heavy atom. The molecule has 2 amide bonds. The van der Waals surface area contributed by atoms with Crippen molar-refractivity contribution in [2.24, 2.45) is 0 Å². The molecule has 3 rings (SSSR count). The lowest BCUT2D eigenvalue weighted by molar-refractivity contribution is -0.135. The Hall–Kier alpha value is -3.23. The van der Waals surface area contributed by atoms with Gasteiger partial charge in [0.25, 0.3) is 5.91 Å². The average molecular weight is 482 g/mol. The second-order valence-corrected chi connectivity index (χ2v) is 8.83. The zero-order chi connectivity index (χ0) is 24.7. The molecule has 2 aromatic rings. The summed E-state index contributed by atoms with van der Waals surface area (Å²) in [7, 11) is 0. The standard InChI is InChI=1S/C26H31N3O4S/c1-5-19(12-22(6-2)33-7-3)26(32)29-15-21(30)13-23(29)25(31)27-14-18-8-10-20(11-9-18)24-17(4)28-16-34-24/h5-6,8-12,16,21,23,30H,1,7,13-15H2,2-4H3,(H,27,31). The van der Waals surface area contributed by atoms with Gasteiger partial charge in [-0.1, -0.05) is 36.9 Å². The van der Waals surface area contributed by atoms with Crippen LogP contribution in [-0.4, -0.2) is 52.1 Å². The number of hydrogen-bond acceptors (Lipinski definition) is 6. The molecule has 7 nitrogen and oxygen atoms in total. The van der Waals surface area contributed by atoms with E-state index in [1.54, 1.807) is 23.5 Å². The first-order valence-corrected chi connectivity index (χ1v) is 12.1. The fraction of sp³-hybridized carbons (Fsp3) is 0.346. The summed E-state index contributed by atoms with van der Waals surface area (Å²) in [4.78, 5) is 32.9. The number of rotatable bonds is 9. The van der Waals surface area contributed by atoms with E-state index < -0.39 is 12.1 Å². The molecule has 1 aromatic heterocycles. The second kappa shape index (κ2) is 11.8. The quantitative estimate of drug-likeness (QED) is 0.323. The Kier molecular flexibility index (Phi) is 8.79. The Bertz CT molecular complexity index is 1090. The van der Waals surface area contributed by atoms with Crippen molar-refractivity contribution in [2.45, 2.75) is 45.9 Å². The molecule has 2 unspecified atom stereocenters. The van der Waals surface area contributed by atoms with Crippen molar-refractivity contribution in [3.8, 4) is 10.4 Å². The van der Waals surface area contributed by atoms with Gasteiger partial charge in [0.05, 0.1) is 28.8 Å². The topological polar surface area (TPSA) is 91.8 Å².